The number of hydrogen-bond donors (Lipinski definition) is 0. The number of hydrogen-bond acceptors (Lipinski definition) is 2. The third-order valence-corrected chi connectivity index (χ3v) is 4.88. The summed E-state index contributed by atoms with van der Waals surface area (Å²) in [5.74, 6) is -0.345. The predicted octanol–water partition coefficient (Wildman–Crippen LogP) is 3.31. The van der Waals surface area contributed by atoms with Crippen molar-refractivity contribution in [3.8, 4) is 0 Å². The van der Waals surface area contributed by atoms with Gasteiger partial charge in [-0.15, -0.1) is 0 Å². The van der Waals surface area contributed by atoms with Gasteiger partial charge in [0, 0.05) is 24.7 Å². The van der Waals surface area contributed by atoms with Crippen LogP contribution in [0, 0.1) is 5.82 Å². The molecule has 0 saturated carbocycles. The lowest BCUT2D eigenvalue weighted by atomic mass is 10.1. The summed E-state index contributed by atoms with van der Waals surface area (Å²) < 4.78 is 13.4. The SMILES string of the molecule is O=C(c1cccc(F)c1)N1CCCCCC1CN1CCCC1. The average Bonchev–Trinajstić information content (AvgIpc) is 2.92. The predicted molar refractivity (Wildman–Crippen MR) is 85.4 cm³/mol. The van der Waals surface area contributed by atoms with Crippen molar-refractivity contribution in [3.05, 3.63) is 35.6 Å². The molecule has 0 bridgehead atoms. The van der Waals surface area contributed by atoms with Crippen LogP contribution in [0.25, 0.3) is 0 Å². The van der Waals surface area contributed by atoms with Gasteiger partial charge in [-0.2, -0.15) is 0 Å². The van der Waals surface area contributed by atoms with E-state index in [1.54, 1.807) is 12.1 Å². The molecule has 1 aromatic carbocycles. The van der Waals surface area contributed by atoms with Crippen molar-refractivity contribution >= 4 is 5.91 Å². The van der Waals surface area contributed by atoms with E-state index in [1.165, 1.54) is 37.8 Å². The zero-order valence-electron chi connectivity index (χ0n) is 13.1. The van der Waals surface area contributed by atoms with Gasteiger partial charge >= 0.3 is 0 Å². The van der Waals surface area contributed by atoms with Crippen molar-refractivity contribution in [1.82, 2.24) is 9.80 Å². The van der Waals surface area contributed by atoms with Crippen molar-refractivity contribution in [2.75, 3.05) is 26.2 Å². The van der Waals surface area contributed by atoms with Gasteiger partial charge in [0.1, 0.15) is 5.82 Å². The fraction of sp³-hybridized carbons (Fsp3) is 0.611. The first-order valence-corrected chi connectivity index (χ1v) is 8.53. The minimum absolute atomic E-state index is 0.00871. The van der Waals surface area contributed by atoms with E-state index < -0.39 is 0 Å². The fourth-order valence-corrected chi connectivity index (χ4v) is 3.69. The highest BCUT2D eigenvalue weighted by Crippen LogP contribution is 2.22. The second kappa shape index (κ2) is 7.23. The van der Waals surface area contributed by atoms with E-state index in [4.69, 9.17) is 0 Å². The van der Waals surface area contributed by atoms with Gasteiger partial charge in [-0.05, 0) is 57.0 Å². The largest absolute Gasteiger partial charge is 0.334 e. The Labute approximate surface area is 132 Å². The number of nitrogens with zero attached hydrogens (tertiary/aromatic N) is 2. The van der Waals surface area contributed by atoms with Crippen LogP contribution in [0.5, 0.6) is 0 Å². The Kier molecular flexibility index (Phi) is 5.08. The molecule has 3 nitrogen and oxygen atoms in total. The Morgan fingerprint density at radius 3 is 2.64 bits per heavy atom. The zero-order valence-corrected chi connectivity index (χ0v) is 13.1. The van der Waals surface area contributed by atoms with Gasteiger partial charge < -0.3 is 9.80 Å². The second-order valence-electron chi connectivity index (χ2n) is 6.52. The molecule has 1 aromatic rings. The number of halogens is 1. The van der Waals surface area contributed by atoms with E-state index in [-0.39, 0.29) is 17.8 Å². The smallest absolute Gasteiger partial charge is 0.254 e. The highest BCUT2D eigenvalue weighted by Gasteiger charge is 2.28. The molecule has 1 atom stereocenters. The van der Waals surface area contributed by atoms with E-state index in [0.717, 1.165) is 39.0 Å². The van der Waals surface area contributed by atoms with Gasteiger partial charge in [0.2, 0.25) is 0 Å². The lowest BCUT2D eigenvalue weighted by Crippen LogP contribution is -2.46. The number of benzene rings is 1. The third-order valence-electron chi connectivity index (χ3n) is 4.88. The molecule has 1 amide bonds. The van der Waals surface area contributed by atoms with Gasteiger partial charge in [0.25, 0.3) is 5.91 Å². The van der Waals surface area contributed by atoms with Crippen LogP contribution in [0.15, 0.2) is 24.3 Å². The molecule has 0 spiro atoms. The zero-order chi connectivity index (χ0) is 15.4. The Balaban J connectivity index is 1.75. The van der Waals surface area contributed by atoms with Crippen molar-refractivity contribution < 1.29 is 9.18 Å². The molecule has 22 heavy (non-hydrogen) atoms. The lowest BCUT2D eigenvalue weighted by molar-refractivity contribution is 0.0642. The number of amides is 1. The van der Waals surface area contributed by atoms with Crippen LogP contribution in [0.4, 0.5) is 4.39 Å². The minimum Gasteiger partial charge on any atom is -0.334 e. The summed E-state index contributed by atoms with van der Waals surface area (Å²) in [7, 11) is 0. The summed E-state index contributed by atoms with van der Waals surface area (Å²) in [4.78, 5) is 17.3. The molecule has 2 aliphatic rings. The normalized spacial score (nSPS) is 23.5. The van der Waals surface area contributed by atoms with Gasteiger partial charge in [0.15, 0.2) is 0 Å². The van der Waals surface area contributed by atoms with Crippen LogP contribution >= 0.6 is 0 Å². The molecule has 2 saturated heterocycles. The quantitative estimate of drug-likeness (QED) is 0.855. The van der Waals surface area contributed by atoms with Gasteiger partial charge in [-0.25, -0.2) is 4.39 Å². The van der Waals surface area contributed by atoms with Gasteiger partial charge in [0.05, 0.1) is 0 Å². The summed E-state index contributed by atoms with van der Waals surface area (Å²) in [5, 5.41) is 0. The standard InChI is InChI=1S/C18H25FN2O/c19-16-8-6-7-15(13-16)18(22)21-12-3-1-2-9-17(21)14-20-10-4-5-11-20/h6-8,13,17H,1-5,9-12,14H2. The maximum absolute atomic E-state index is 13.4. The summed E-state index contributed by atoms with van der Waals surface area (Å²) in [6, 6.07) is 6.37. The Morgan fingerprint density at radius 2 is 1.86 bits per heavy atom. The van der Waals surface area contributed by atoms with Gasteiger partial charge in [-0.1, -0.05) is 18.9 Å². The van der Waals surface area contributed by atoms with Crippen LogP contribution in [0.1, 0.15) is 48.9 Å². The van der Waals surface area contributed by atoms with Crippen molar-refractivity contribution in [1.29, 1.82) is 0 Å². The Bertz CT molecular complexity index is 514. The average molecular weight is 304 g/mol. The van der Waals surface area contributed by atoms with E-state index in [2.05, 4.69) is 4.90 Å². The first-order chi connectivity index (χ1) is 10.7. The monoisotopic (exact) mass is 304 g/mol. The highest BCUT2D eigenvalue weighted by molar-refractivity contribution is 5.94. The molecule has 4 heteroatoms. The van der Waals surface area contributed by atoms with E-state index in [9.17, 15) is 9.18 Å². The van der Waals surface area contributed by atoms with Crippen LogP contribution in [0.3, 0.4) is 0 Å². The maximum Gasteiger partial charge on any atom is 0.254 e. The topological polar surface area (TPSA) is 23.6 Å². The maximum atomic E-state index is 13.4. The molecule has 120 valence electrons. The minimum atomic E-state index is -0.336. The Hall–Kier alpha value is -1.42. The van der Waals surface area contributed by atoms with E-state index >= 15 is 0 Å². The first kappa shape index (κ1) is 15.5. The summed E-state index contributed by atoms with van der Waals surface area (Å²) in [6.07, 6.45) is 7.03. The molecule has 1 unspecified atom stereocenters. The van der Waals surface area contributed by atoms with Crippen LogP contribution < -0.4 is 0 Å². The van der Waals surface area contributed by atoms with E-state index in [0.29, 0.717) is 5.56 Å². The summed E-state index contributed by atoms with van der Waals surface area (Å²) in [6.45, 7) is 4.08. The van der Waals surface area contributed by atoms with Crippen LogP contribution in [-0.2, 0) is 0 Å². The molecule has 3 rings (SSSR count). The summed E-state index contributed by atoms with van der Waals surface area (Å²) in [5.41, 5.74) is 0.480. The van der Waals surface area contributed by atoms with Crippen LogP contribution in [-0.4, -0.2) is 47.9 Å². The molecule has 0 aliphatic carbocycles. The highest BCUT2D eigenvalue weighted by atomic mass is 19.1. The number of carbonyl (C=O) groups is 1. The molecule has 0 N–H and O–H groups in total. The third kappa shape index (κ3) is 3.67. The number of likely N-dealkylation sites (tertiary alicyclic amines) is 2. The van der Waals surface area contributed by atoms with Crippen molar-refractivity contribution in [3.63, 3.8) is 0 Å². The van der Waals surface area contributed by atoms with Gasteiger partial charge in [-0.3, -0.25) is 4.79 Å². The fourth-order valence-electron chi connectivity index (χ4n) is 3.69. The lowest BCUT2D eigenvalue weighted by Gasteiger charge is -2.33. The molecule has 2 aliphatic heterocycles. The first-order valence-electron chi connectivity index (χ1n) is 8.53. The number of carbonyl (C=O) groups excluding carboxylic acids is 1. The second-order valence-corrected chi connectivity index (χ2v) is 6.52. The molecular formula is C18H25FN2O. The van der Waals surface area contributed by atoms with Crippen molar-refractivity contribution in [2.45, 2.75) is 44.6 Å². The van der Waals surface area contributed by atoms with Crippen molar-refractivity contribution in [2.24, 2.45) is 0 Å². The van der Waals surface area contributed by atoms with E-state index in [1.807, 2.05) is 4.90 Å². The molecule has 0 radical (unpaired) electrons. The molecule has 0 aromatic heterocycles. The molecule has 2 fully saturated rings. The molecule has 2 heterocycles. The van der Waals surface area contributed by atoms with Crippen LogP contribution in [0.2, 0.25) is 0 Å². The molecular weight excluding hydrogens is 279 g/mol. The number of rotatable bonds is 3. The summed E-state index contributed by atoms with van der Waals surface area (Å²) >= 11 is 0. The Morgan fingerprint density at radius 1 is 1.09 bits per heavy atom.